The molecule has 4 heteroatoms. The molecule has 1 saturated heterocycles. The van der Waals surface area contributed by atoms with Crippen LogP contribution in [0.15, 0.2) is 18.2 Å². The monoisotopic (exact) mass is 289 g/mol. The molecular formula is C17H23NO3. The van der Waals surface area contributed by atoms with Gasteiger partial charge in [0.1, 0.15) is 13.2 Å². The Kier molecular flexibility index (Phi) is 4.04. The van der Waals surface area contributed by atoms with Crippen LogP contribution in [0.3, 0.4) is 0 Å². The molecule has 0 bridgehead atoms. The van der Waals surface area contributed by atoms with Gasteiger partial charge < -0.3 is 14.4 Å². The highest BCUT2D eigenvalue weighted by atomic mass is 16.6. The highest BCUT2D eigenvalue weighted by Crippen LogP contribution is 2.35. The van der Waals surface area contributed by atoms with E-state index in [1.807, 2.05) is 30.0 Å². The summed E-state index contributed by atoms with van der Waals surface area (Å²) in [6.07, 6.45) is 2.27. The molecule has 0 spiro atoms. The van der Waals surface area contributed by atoms with E-state index in [9.17, 15) is 4.79 Å². The number of benzene rings is 1. The summed E-state index contributed by atoms with van der Waals surface area (Å²) in [4.78, 5) is 14.5. The molecule has 2 aliphatic heterocycles. The van der Waals surface area contributed by atoms with Crippen molar-refractivity contribution in [2.75, 3.05) is 26.3 Å². The lowest BCUT2D eigenvalue weighted by atomic mass is 9.87. The number of carbonyl (C=O) groups excluding carboxylic acids is 1. The number of nitrogens with zero attached hydrogens (tertiary/aromatic N) is 1. The van der Waals surface area contributed by atoms with Gasteiger partial charge in [-0.15, -0.1) is 0 Å². The van der Waals surface area contributed by atoms with Crippen LogP contribution in [-0.2, 0) is 4.79 Å². The van der Waals surface area contributed by atoms with Crippen LogP contribution < -0.4 is 9.47 Å². The zero-order chi connectivity index (χ0) is 14.8. The standard InChI is InChI=1S/C17H23NO3/c1-12(13(2)17(19)18-7-3-4-8-18)14-5-6-15-16(11-14)21-10-9-20-15/h5-6,11-13H,3-4,7-10H2,1-2H3. The summed E-state index contributed by atoms with van der Waals surface area (Å²) in [5, 5.41) is 0. The highest BCUT2D eigenvalue weighted by Gasteiger charge is 2.28. The van der Waals surface area contributed by atoms with Gasteiger partial charge in [0.25, 0.3) is 0 Å². The average Bonchev–Trinajstić information content (AvgIpc) is 3.06. The minimum atomic E-state index is -0.00865. The first-order valence-electron chi connectivity index (χ1n) is 7.85. The van der Waals surface area contributed by atoms with E-state index in [1.54, 1.807) is 0 Å². The number of rotatable bonds is 3. The van der Waals surface area contributed by atoms with Gasteiger partial charge in [0, 0.05) is 19.0 Å². The van der Waals surface area contributed by atoms with Crippen LogP contribution in [0.25, 0.3) is 0 Å². The smallest absolute Gasteiger partial charge is 0.226 e. The summed E-state index contributed by atoms with van der Waals surface area (Å²) < 4.78 is 11.2. The Balaban J connectivity index is 1.74. The van der Waals surface area contributed by atoms with Crippen molar-refractivity contribution in [1.82, 2.24) is 4.90 Å². The Morgan fingerprint density at radius 3 is 2.48 bits per heavy atom. The van der Waals surface area contributed by atoms with Crippen LogP contribution in [-0.4, -0.2) is 37.1 Å². The maximum absolute atomic E-state index is 12.5. The number of hydrogen-bond donors (Lipinski definition) is 0. The van der Waals surface area contributed by atoms with Crippen molar-refractivity contribution >= 4 is 5.91 Å². The number of fused-ring (bicyclic) bond motifs is 1. The van der Waals surface area contributed by atoms with E-state index in [2.05, 4.69) is 6.92 Å². The summed E-state index contributed by atoms with van der Waals surface area (Å²) in [5.41, 5.74) is 1.14. The molecule has 0 saturated carbocycles. The number of amides is 1. The quantitative estimate of drug-likeness (QED) is 0.859. The van der Waals surface area contributed by atoms with Crippen LogP contribution in [0.2, 0.25) is 0 Å². The first-order chi connectivity index (χ1) is 10.2. The second-order valence-corrected chi connectivity index (χ2v) is 6.01. The van der Waals surface area contributed by atoms with Crippen molar-refractivity contribution in [3.8, 4) is 11.5 Å². The summed E-state index contributed by atoms with van der Waals surface area (Å²) in [5.74, 6) is 2.04. The molecule has 0 aliphatic carbocycles. The van der Waals surface area contributed by atoms with Gasteiger partial charge >= 0.3 is 0 Å². The Hall–Kier alpha value is -1.71. The lowest BCUT2D eigenvalue weighted by Crippen LogP contribution is -2.34. The second kappa shape index (κ2) is 5.96. The molecule has 0 radical (unpaired) electrons. The lowest BCUT2D eigenvalue weighted by molar-refractivity contribution is -0.134. The third-order valence-corrected chi connectivity index (χ3v) is 4.65. The van der Waals surface area contributed by atoms with Gasteiger partial charge in [0.2, 0.25) is 5.91 Å². The zero-order valence-electron chi connectivity index (χ0n) is 12.8. The molecule has 2 aliphatic rings. The predicted molar refractivity (Wildman–Crippen MR) is 80.8 cm³/mol. The zero-order valence-corrected chi connectivity index (χ0v) is 12.8. The molecule has 0 N–H and O–H groups in total. The SMILES string of the molecule is CC(C(=O)N1CCCC1)C(C)c1ccc2c(c1)OCCO2. The molecule has 2 atom stereocenters. The van der Waals surface area contributed by atoms with Crippen LogP contribution >= 0.6 is 0 Å². The molecule has 114 valence electrons. The first-order valence-corrected chi connectivity index (χ1v) is 7.85. The van der Waals surface area contributed by atoms with Gasteiger partial charge in [-0.05, 0) is 36.5 Å². The third kappa shape index (κ3) is 2.85. The predicted octanol–water partition coefficient (Wildman–Crippen LogP) is 2.82. The van der Waals surface area contributed by atoms with Gasteiger partial charge in [0.05, 0.1) is 0 Å². The minimum Gasteiger partial charge on any atom is -0.486 e. The summed E-state index contributed by atoms with van der Waals surface area (Å²) in [6, 6.07) is 6.02. The summed E-state index contributed by atoms with van der Waals surface area (Å²) in [6.45, 7) is 7.17. The molecule has 4 nitrogen and oxygen atoms in total. The normalized spacial score (nSPS) is 20.2. The average molecular weight is 289 g/mol. The first kappa shape index (κ1) is 14.2. The Bertz CT molecular complexity index is 523. The van der Waals surface area contributed by atoms with Gasteiger partial charge in [0.15, 0.2) is 11.5 Å². The van der Waals surface area contributed by atoms with Crippen molar-refractivity contribution in [3.05, 3.63) is 23.8 Å². The number of ether oxygens (including phenoxy) is 2. The number of likely N-dealkylation sites (tertiary alicyclic amines) is 1. The summed E-state index contributed by atoms with van der Waals surface area (Å²) in [7, 11) is 0. The molecule has 21 heavy (non-hydrogen) atoms. The maximum atomic E-state index is 12.5. The van der Waals surface area contributed by atoms with Crippen molar-refractivity contribution < 1.29 is 14.3 Å². The molecule has 1 fully saturated rings. The highest BCUT2D eigenvalue weighted by molar-refractivity contribution is 5.79. The van der Waals surface area contributed by atoms with Crippen molar-refractivity contribution in [3.63, 3.8) is 0 Å². The van der Waals surface area contributed by atoms with Crippen LogP contribution in [0.1, 0.15) is 38.2 Å². The van der Waals surface area contributed by atoms with Gasteiger partial charge in [-0.25, -0.2) is 0 Å². The van der Waals surface area contributed by atoms with E-state index >= 15 is 0 Å². The molecule has 3 rings (SSSR count). The Morgan fingerprint density at radius 2 is 1.76 bits per heavy atom. The number of hydrogen-bond acceptors (Lipinski definition) is 3. The van der Waals surface area contributed by atoms with Crippen LogP contribution in [0.4, 0.5) is 0 Å². The van der Waals surface area contributed by atoms with E-state index < -0.39 is 0 Å². The molecule has 1 aromatic carbocycles. The van der Waals surface area contributed by atoms with E-state index in [0.29, 0.717) is 13.2 Å². The molecule has 2 unspecified atom stereocenters. The fraction of sp³-hybridized carbons (Fsp3) is 0.588. The summed E-state index contributed by atoms with van der Waals surface area (Å²) >= 11 is 0. The molecule has 0 aromatic heterocycles. The fourth-order valence-corrected chi connectivity index (χ4v) is 3.07. The Labute approximate surface area is 126 Å². The van der Waals surface area contributed by atoms with Crippen molar-refractivity contribution in [2.24, 2.45) is 5.92 Å². The largest absolute Gasteiger partial charge is 0.486 e. The third-order valence-electron chi connectivity index (χ3n) is 4.65. The van der Waals surface area contributed by atoms with E-state index in [4.69, 9.17) is 9.47 Å². The fourth-order valence-electron chi connectivity index (χ4n) is 3.07. The van der Waals surface area contributed by atoms with Crippen molar-refractivity contribution in [2.45, 2.75) is 32.6 Å². The van der Waals surface area contributed by atoms with E-state index in [-0.39, 0.29) is 17.7 Å². The molecular weight excluding hydrogens is 266 g/mol. The van der Waals surface area contributed by atoms with Crippen LogP contribution in [0.5, 0.6) is 11.5 Å². The number of carbonyl (C=O) groups is 1. The lowest BCUT2D eigenvalue weighted by Gasteiger charge is -2.26. The minimum absolute atomic E-state index is 0.00865. The van der Waals surface area contributed by atoms with Gasteiger partial charge in [-0.3, -0.25) is 4.79 Å². The maximum Gasteiger partial charge on any atom is 0.226 e. The Morgan fingerprint density at radius 1 is 1.10 bits per heavy atom. The topological polar surface area (TPSA) is 38.8 Å². The molecule has 1 aromatic rings. The van der Waals surface area contributed by atoms with Crippen LogP contribution in [0, 0.1) is 5.92 Å². The van der Waals surface area contributed by atoms with Crippen molar-refractivity contribution in [1.29, 1.82) is 0 Å². The van der Waals surface area contributed by atoms with Gasteiger partial charge in [-0.2, -0.15) is 0 Å². The van der Waals surface area contributed by atoms with E-state index in [0.717, 1.165) is 43.0 Å². The second-order valence-electron chi connectivity index (χ2n) is 6.01. The molecule has 1 amide bonds. The van der Waals surface area contributed by atoms with E-state index in [1.165, 1.54) is 0 Å². The molecule has 2 heterocycles. The van der Waals surface area contributed by atoms with Gasteiger partial charge in [-0.1, -0.05) is 19.9 Å².